The SMILES string of the molecule is CNc1sc(-c2cccc(C(=O)NC(C)(C)C(=O)OC3CCCC3)c2)cc1C(N)=O. The van der Waals surface area contributed by atoms with Gasteiger partial charge in [-0.05, 0) is 63.3 Å². The van der Waals surface area contributed by atoms with Crippen molar-refractivity contribution in [1.29, 1.82) is 0 Å². The van der Waals surface area contributed by atoms with Crippen molar-refractivity contribution < 1.29 is 19.1 Å². The Morgan fingerprint density at radius 3 is 2.47 bits per heavy atom. The third-order valence-electron chi connectivity index (χ3n) is 5.15. The number of carbonyl (C=O) groups excluding carboxylic acids is 3. The number of ether oxygens (including phenoxy) is 1. The molecule has 160 valence electrons. The van der Waals surface area contributed by atoms with Gasteiger partial charge >= 0.3 is 5.97 Å². The Morgan fingerprint density at radius 2 is 1.87 bits per heavy atom. The molecule has 1 fully saturated rings. The molecule has 0 atom stereocenters. The molecular formula is C22H27N3O4S. The van der Waals surface area contributed by atoms with Crippen molar-refractivity contribution in [1.82, 2.24) is 5.32 Å². The van der Waals surface area contributed by atoms with E-state index in [1.807, 2.05) is 6.07 Å². The van der Waals surface area contributed by atoms with Crippen molar-refractivity contribution in [2.75, 3.05) is 12.4 Å². The van der Waals surface area contributed by atoms with E-state index < -0.39 is 17.4 Å². The zero-order chi connectivity index (χ0) is 21.9. The molecule has 0 spiro atoms. The highest BCUT2D eigenvalue weighted by Gasteiger charge is 2.34. The third-order valence-corrected chi connectivity index (χ3v) is 6.35. The minimum atomic E-state index is -1.14. The molecule has 4 N–H and O–H groups in total. The molecule has 7 nitrogen and oxygen atoms in total. The quantitative estimate of drug-likeness (QED) is 0.583. The van der Waals surface area contributed by atoms with Gasteiger partial charge in [0.25, 0.3) is 11.8 Å². The molecule has 1 saturated carbocycles. The van der Waals surface area contributed by atoms with Gasteiger partial charge < -0.3 is 21.1 Å². The molecule has 0 saturated heterocycles. The average molecular weight is 430 g/mol. The summed E-state index contributed by atoms with van der Waals surface area (Å²) in [4.78, 5) is 37.8. The summed E-state index contributed by atoms with van der Waals surface area (Å²) in [6.45, 7) is 3.28. The van der Waals surface area contributed by atoms with E-state index in [1.165, 1.54) is 11.3 Å². The first-order chi connectivity index (χ1) is 14.2. The zero-order valence-electron chi connectivity index (χ0n) is 17.4. The number of anilines is 1. The van der Waals surface area contributed by atoms with Crippen LogP contribution >= 0.6 is 11.3 Å². The normalized spacial score (nSPS) is 14.4. The Hall–Kier alpha value is -2.87. The van der Waals surface area contributed by atoms with Crippen LogP contribution in [0.4, 0.5) is 5.00 Å². The standard InChI is InChI=1S/C22H27N3O4S/c1-22(2,21(28)29-15-9-4-5-10-15)25-19(27)14-8-6-7-13(11-14)17-12-16(18(23)26)20(24-3)30-17/h6-8,11-12,15,24H,4-5,9-10H2,1-3H3,(H2,23,26)(H,25,27). The third kappa shape index (κ3) is 4.81. The number of rotatable bonds is 7. The monoisotopic (exact) mass is 429 g/mol. The molecule has 0 radical (unpaired) electrons. The van der Waals surface area contributed by atoms with Crippen LogP contribution in [0.15, 0.2) is 30.3 Å². The van der Waals surface area contributed by atoms with Crippen molar-refractivity contribution in [3.63, 3.8) is 0 Å². The van der Waals surface area contributed by atoms with Crippen LogP contribution in [-0.4, -0.2) is 36.5 Å². The van der Waals surface area contributed by atoms with Gasteiger partial charge in [0.15, 0.2) is 0 Å². The maximum Gasteiger partial charge on any atom is 0.331 e. The lowest BCUT2D eigenvalue weighted by atomic mass is 10.0. The van der Waals surface area contributed by atoms with Gasteiger partial charge in [0.05, 0.1) is 5.56 Å². The predicted molar refractivity (Wildman–Crippen MR) is 118 cm³/mol. The van der Waals surface area contributed by atoms with Gasteiger partial charge in [-0.3, -0.25) is 9.59 Å². The molecule has 2 aromatic rings. The van der Waals surface area contributed by atoms with Crippen molar-refractivity contribution in [3.8, 4) is 10.4 Å². The fourth-order valence-electron chi connectivity index (χ4n) is 3.43. The number of nitrogens with one attached hydrogen (secondary N) is 2. The molecular weight excluding hydrogens is 402 g/mol. The number of benzene rings is 1. The summed E-state index contributed by atoms with van der Waals surface area (Å²) in [6.07, 6.45) is 3.82. The number of thiophene rings is 1. The summed E-state index contributed by atoms with van der Waals surface area (Å²) >= 11 is 1.38. The Kier molecular flexibility index (Phi) is 6.45. The molecule has 2 amide bonds. The molecule has 1 heterocycles. The average Bonchev–Trinajstić information content (AvgIpc) is 3.37. The second kappa shape index (κ2) is 8.87. The summed E-state index contributed by atoms with van der Waals surface area (Å²) in [5.41, 5.74) is 5.89. The fraction of sp³-hybridized carbons (Fsp3) is 0.409. The van der Waals surface area contributed by atoms with Gasteiger partial charge in [-0.15, -0.1) is 11.3 Å². The molecule has 0 bridgehead atoms. The molecule has 30 heavy (non-hydrogen) atoms. The van der Waals surface area contributed by atoms with Crippen molar-refractivity contribution in [2.45, 2.75) is 51.2 Å². The van der Waals surface area contributed by atoms with E-state index in [1.54, 1.807) is 45.2 Å². The predicted octanol–water partition coefficient (Wildman–Crippen LogP) is 3.55. The first-order valence-electron chi connectivity index (χ1n) is 9.96. The summed E-state index contributed by atoms with van der Waals surface area (Å²) in [5.74, 6) is -1.31. The smallest absolute Gasteiger partial charge is 0.331 e. The maximum atomic E-state index is 12.8. The lowest BCUT2D eigenvalue weighted by Crippen LogP contribution is -2.51. The first kappa shape index (κ1) is 21.8. The minimum absolute atomic E-state index is 0.0587. The lowest BCUT2D eigenvalue weighted by Gasteiger charge is -2.26. The number of amides is 2. The van der Waals surface area contributed by atoms with E-state index in [9.17, 15) is 14.4 Å². The highest BCUT2D eigenvalue weighted by atomic mass is 32.1. The van der Waals surface area contributed by atoms with Gasteiger partial charge in [0, 0.05) is 17.5 Å². The number of hydrogen-bond acceptors (Lipinski definition) is 6. The highest BCUT2D eigenvalue weighted by molar-refractivity contribution is 7.19. The van der Waals surface area contributed by atoms with Crippen LogP contribution in [0.5, 0.6) is 0 Å². The van der Waals surface area contributed by atoms with Crippen LogP contribution in [0.3, 0.4) is 0 Å². The Balaban J connectivity index is 1.75. The van der Waals surface area contributed by atoms with Crippen molar-refractivity contribution in [2.24, 2.45) is 5.73 Å². The van der Waals surface area contributed by atoms with Gasteiger partial charge in [-0.1, -0.05) is 12.1 Å². The second-order valence-electron chi connectivity index (χ2n) is 7.94. The van der Waals surface area contributed by atoms with Gasteiger partial charge in [0.2, 0.25) is 0 Å². The molecule has 0 unspecified atom stereocenters. The van der Waals surface area contributed by atoms with Gasteiger partial charge in [-0.25, -0.2) is 4.79 Å². The highest BCUT2D eigenvalue weighted by Crippen LogP contribution is 2.35. The molecule has 1 aromatic heterocycles. The van der Waals surface area contributed by atoms with Crippen LogP contribution in [0.1, 0.15) is 60.2 Å². The van der Waals surface area contributed by atoms with E-state index in [-0.39, 0.29) is 12.0 Å². The first-order valence-corrected chi connectivity index (χ1v) is 10.8. The minimum Gasteiger partial charge on any atom is -0.461 e. The van der Waals surface area contributed by atoms with Crippen LogP contribution < -0.4 is 16.4 Å². The van der Waals surface area contributed by atoms with Crippen LogP contribution in [0, 0.1) is 0 Å². The summed E-state index contributed by atoms with van der Waals surface area (Å²) in [5, 5.41) is 6.41. The molecule has 0 aliphatic heterocycles. The van der Waals surface area contributed by atoms with Crippen LogP contribution in [0.2, 0.25) is 0 Å². The van der Waals surface area contributed by atoms with Gasteiger partial charge in [-0.2, -0.15) is 0 Å². The number of hydrogen-bond donors (Lipinski definition) is 3. The number of nitrogens with two attached hydrogens (primary N) is 1. The molecule has 1 aliphatic carbocycles. The molecule has 8 heteroatoms. The van der Waals surface area contributed by atoms with Gasteiger partial charge in [0.1, 0.15) is 16.6 Å². The fourth-order valence-corrected chi connectivity index (χ4v) is 4.44. The molecule has 1 aromatic carbocycles. The topological polar surface area (TPSA) is 111 Å². The van der Waals surface area contributed by atoms with Crippen molar-refractivity contribution >= 4 is 34.1 Å². The van der Waals surface area contributed by atoms with Crippen LogP contribution in [-0.2, 0) is 9.53 Å². The van der Waals surface area contributed by atoms with Crippen molar-refractivity contribution in [3.05, 3.63) is 41.5 Å². The summed E-state index contributed by atoms with van der Waals surface area (Å²) in [7, 11) is 1.72. The van der Waals surface area contributed by atoms with E-state index in [0.717, 1.165) is 36.1 Å². The number of carbonyl (C=O) groups is 3. The van der Waals surface area contributed by atoms with Crippen LogP contribution in [0.25, 0.3) is 10.4 Å². The maximum absolute atomic E-state index is 12.8. The number of primary amides is 1. The largest absolute Gasteiger partial charge is 0.461 e. The lowest BCUT2D eigenvalue weighted by molar-refractivity contribution is -0.155. The van der Waals surface area contributed by atoms with E-state index >= 15 is 0 Å². The Morgan fingerprint density at radius 1 is 1.17 bits per heavy atom. The van der Waals surface area contributed by atoms with E-state index in [2.05, 4.69) is 10.6 Å². The summed E-state index contributed by atoms with van der Waals surface area (Å²) < 4.78 is 5.55. The molecule has 3 rings (SSSR count). The van der Waals surface area contributed by atoms with E-state index in [0.29, 0.717) is 16.1 Å². The Labute approximate surface area is 180 Å². The summed E-state index contributed by atoms with van der Waals surface area (Å²) in [6, 6.07) is 8.73. The zero-order valence-corrected chi connectivity index (χ0v) is 18.2. The number of esters is 1. The Bertz CT molecular complexity index is 961. The second-order valence-corrected chi connectivity index (χ2v) is 8.99. The molecule has 1 aliphatic rings. The van der Waals surface area contributed by atoms with E-state index in [4.69, 9.17) is 10.5 Å².